The largest absolute Gasteiger partial charge is 0.506 e. The van der Waals surface area contributed by atoms with Crippen molar-refractivity contribution in [2.45, 2.75) is 26.0 Å². The number of rotatable bonds is 4. The molecule has 4 heteroatoms. The molecular weight excluding hydrogens is 214 g/mol. The molecule has 0 aliphatic rings. The molecule has 15 heavy (non-hydrogen) atoms. The van der Waals surface area contributed by atoms with Crippen LogP contribution in [-0.4, -0.2) is 22.4 Å². The van der Waals surface area contributed by atoms with Crippen molar-refractivity contribution in [3.63, 3.8) is 0 Å². The summed E-state index contributed by atoms with van der Waals surface area (Å²) >= 11 is 5.76. The van der Waals surface area contributed by atoms with Crippen LogP contribution in [0.3, 0.4) is 0 Å². The zero-order valence-electron chi connectivity index (χ0n) is 8.92. The van der Waals surface area contributed by atoms with Gasteiger partial charge in [-0.25, -0.2) is 0 Å². The molecule has 0 aliphatic heterocycles. The highest BCUT2D eigenvalue weighted by atomic mass is 35.5. The van der Waals surface area contributed by atoms with Crippen LogP contribution in [0.15, 0.2) is 18.2 Å². The van der Waals surface area contributed by atoms with Crippen LogP contribution < -0.4 is 5.32 Å². The number of aromatic hydroxyl groups is 1. The molecule has 0 fully saturated rings. The molecule has 0 atom stereocenters. The molecule has 0 amide bonds. The molecule has 1 rings (SSSR count). The maximum absolute atomic E-state index is 9.59. The predicted molar refractivity (Wildman–Crippen MR) is 61.1 cm³/mol. The standard InChI is InChI=1S/C11H16ClNO2/c1-11(2,15)7-13-6-8-4-3-5-9(12)10(8)14/h3-5,13-15H,6-7H2,1-2H3. The minimum atomic E-state index is -0.756. The molecule has 1 aromatic carbocycles. The second-order valence-electron chi connectivity index (χ2n) is 4.16. The van der Waals surface area contributed by atoms with Crippen molar-refractivity contribution >= 4 is 11.6 Å². The molecule has 0 saturated carbocycles. The van der Waals surface area contributed by atoms with E-state index in [0.717, 1.165) is 5.56 Å². The Morgan fingerprint density at radius 1 is 1.40 bits per heavy atom. The lowest BCUT2D eigenvalue weighted by Crippen LogP contribution is -2.34. The Kier molecular flexibility index (Phi) is 3.97. The summed E-state index contributed by atoms with van der Waals surface area (Å²) in [5, 5.41) is 22.4. The van der Waals surface area contributed by atoms with Gasteiger partial charge in [0.25, 0.3) is 0 Å². The molecule has 0 unspecified atom stereocenters. The number of benzene rings is 1. The molecule has 0 heterocycles. The molecule has 0 aliphatic carbocycles. The second-order valence-corrected chi connectivity index (χ2v) is 4.57. The third-order valence-corrected chi connectivity index (χ3v) is 2.25. The average Bonchev–Trinajstić information content (AvgIpc) is 2.10. The summed E-state index contributed by atoms with van der Waals surface area (Å²) in [7, 11) is 0. The Labute approximate surface area is 94.7 Å². The summed E-state index contributed by atoms with van der Waals surface area (Å²) in [6, 6.07) is 5.21. The SMILES string of the molecule is CC(C)(O)CNCc1cccc(Cl)c1O. The third-order valence-electron chi connectivity index (χ3n) is 1.94. The quantitative estimate of drug-likeness (QED) is 0.739. The van der Waals surface area contributed by atoms with Crippen molar-refractivity contribution in [3.8, 4) is 5.75 Å². The van der Waals surface area contributed by atoms with Gasteiger partial charge in [-0.2, -0.15) is 0 Å². The number of halogens is 1. The number of aliphatic hydroxyl groups is 1. The van der Waals surface area contributed by atoms with E-state index in [1.165, 1.54) is 0 Å². The fourth-order valence-electron chi connectivity index (χ4n) is 1.21. The maximum Gasteiger partial charge on any atom is 0.138 e. The summed E-state index contributed by atoms with van der Waals surface area (Å²) in [6.45, 7) is 4.38. The number of phenols is 1. The van der Waals surface area contributed by atoms with Crippen LogP contribution >= 0.6 is 11.6 Å². The average molecular weight is 230 g/mol. The fourth-order valence-corrected chi connectivity index (χ4v) is 1.40. The number of hydrogen-bond acceptors (Lipinski definition) is 3. The smallest absolute Gasteiger partial charge is 0.138 e. The van der Waals surface area contributed by atoms with E-state index in [0.29, 0.717) is 18.1 Å². The monoisotopic (exact) mass is 229 g/mol. The van der Waals surface area contributed by atoms with E-state index in [2.05, 4.69) is 5.32 Å². The van der Waals surface area contributed by atoms with E-state index in [-0.39, 0.29) is 5.75 Å². The predicted octanol–water partition coefficient (Wildman–Crippen LogP) is 1.91. The van der Waals surface area contributed by atoms with E-state index in [4.69, 9.17) is 11.6 Å². The first-order valence-electron chi connectivity index (χ1n) is 4.79. The van der Waals surface area contributed by atoms with Crippen molar-refractivity contribution in [3.05, 3.63) is 28.8 Å². The second kappa shape index (κ2) is 4.84. The van der Waals surface area contributed by atoms with Gasteiger partial charge in [0.05, 0.1) is 10.6 Å². The van der Waals surface area contributed by atoms with Crippen molar-refractivity contribution in [1.82, 2.24) is 5.32 Å². The van der Waals surface area contributed by atoms with E-state index in [1.54, 1.807) is 32.0 Å². The number of phenolic OH excluding ortho intramolecular Hbond substituents is 1. The van der Waals surface area contributed by atoms with Gasteiger partial charge in [-0.05, 0) is 19.9 Å². The lowest BCUT2D eigenvalue weighted by molar-refractivity contribution is 0.0794. The van der Waals surface area contributed by atoms with Gasteiger partial charge in [0.15, 0.2) is 0 Å². The van der Waals surface area contributed by atoms with Crippen LogP contribution in [0.2, 0.25) is 5.02 Å². The van der Waals surface area contributed by atoms with Gasteiger partial charge in [0, 0.05) is 18.7 Å². The number of nitrogens with one attached hydrogen (secondary N) is 1. The van der Waals surface area contributed by atoms with Crippen LogP contribution in [0.25, 0.3) is 0 Å². The Morgan fingerprint density at radius 3 is 2.67 bits per heavy atom. The van der Waals surface area contributed by atoms with Gasteiger partial charge in [-0.15, -0.1) is 0 Å². The minimum absolute atomic E-state index is 0.0995. The Bertz CT molecular complexity index is 334. The Morgan fingerprint density at radius 2 is 2.07 bits per heavy atom. The van der Waals surface area contributed by atoms with Crippen LogP contribution in [0.4, 0.5) is 0 Å². The topological polar surface area (TPSA) is 52.5 Å². The normalized spacial score (nSPS) is 11.7. The Balaban J connectivity index is 2.55. The lowest BCUT2D eigenvalue weighted by atomic mass is 10.1. The van der Waals surface area contributed by atoms with Gasteiger partial charge in [-0.3, -0.25) is 0 Å². The Hall–Kier alpha value is -0.770. The number of para-hydroxylation sites is 1. The summed E-state index contributed by atoms with van der Waals surface area (Å²) in [6.07, 6.45) is 0. The van der Waals surface area contributed by atoms with Gasteiger partial charge in [-0.1, -0.05) is 23.7 Å². The van der Waals surface area contributed by atoms with Gasteiger partial charge in [0.1, 0.15) is 5.75 Å². The van der Waals surface area contributed by atoms with E-state index in [9.17, 15) is 10.2 Å². The van der Waals surface area contributed by atoms with Crippen molar-refractivity contribution in [2.75, 3.05) is 6.54 Å². The zero-order chi connectivity index (χ0) is 11.5. The first-order valence-corrected chi connectivity index (χ1v) is 5.17. The van der Waals surface area contributed by atoms with E-state index >= 15 is 0 Å². The van der Waals surface area contributed by atoms with Crippen molar-refractivity contribution in [1.29, 1.82) is 0 Å². The van der Waals surface area contributed by atoms with E-state index < -0.39 is 5.60 Å². The first-order chi connectivity index (χ1) is 6.90. The molecule has 84 valence electrons. The highest BCUT2D eigenvalue weighted by Gasteiger charge is 2.12. The van der Waals surface area contributed by atoms with Crippen LogP contribution in [0.5, 0.6) is 5.75 Å². The molecule has 0 bridgehead atoms. The van der Waals surface area contributed by atoms with Gasteiger partial charge >= 0.3 is 0 Å². The molecule has 1 aromatic rings. The van der Waals surface area contributed by atoms with Crippen LogP contribution in [0, 0.1) is 0 Å². The molecule has 0 saturated heterocycles. The maximum atomic E-state index is 9.59. The van der Waals surface area contributed by atoms with Crippen molar-refractivity contribution < 1.29 is 10.2 Å². The van der Waals surface area contributed by atoms with E-state index in [1.807, 2.05) is 0 Å². The minimum Gasteiger partial charge on any atom is -0.506 e. The summed E-state index contributed by atoms with van der Waals surface area (Å²) in [4.78, 5) is 0. The zero-order valence-corrected chi connectivity index (χ0v) is 9.67. The highest BCUT2D eigenvalue weighted by molar-refractivity contribution is 6.32. The summed E-state index contributed by atoms with van der Waals surface area (Å²) < 4.78 is 0. The van der Waals surface area contributed by atoms with Crippen LogP contribution in [-0.2, 0) is 6.54 Å². The molecule has 3 N–H and O–H groups in total. The van der Waals surface area contributed by atoms with Crippen LogP contribution in [0.1, 0.15) is 19.4 Å². The fraction of sp³-hybridized carbons (Fsp3) is 0.455. The summed E-state index contributed by atoms with van der Waals surface area (Å²) in [5.74, 6) is 0.0995. The first kappa shape index (κ1) is 12.3. The highest BCUT2D eigenvalue weighted by Crippen LogP contribution is 2.26. The molecule has 0 aromatic heterocycles. The molecular formula is C11H16ClNO2. The molecule has 0 spiro atoms. The summed E-state index contributed by atoms with van der Waals surface area (Å²) in [5.41, 5.74) is -0.0273. The third kappa shape index (κ3) is 4.08. The van der Waals surface area contributed by atoms with Crippen molar-refractivity contribution in [2.24, 2.45) is 0 Å². The van der Waals surface area contributed by atoms with Gasteiger partial charge < -0.3 is 15.5 Å². The molecule has 0 radical (unpaired) electrons. The number of hydrogen-bond donors (Lipinski definition) is 3. The van der Waals surface area contributed by atoms with Gasteiger partial charge in [0.2, 0.25) is 0 Å². The molecule has 3 nitrogen and oxygen atoms in total. The lowest BCUT2D eigenvalue weighted by Gasteiger charge is -2.18.